The van der Waals surface area contributed by atoms with Gasteiger partial charge in [0.2, 0.25) is 23.8 Å². The number of anilines is 8. The average molecular weight is 1940 g/mol. The van der Waals surface area contributed by atoms with Crippen molar-refractivity contribution in [2.75, 3.05) is 95.2 Å². The third kappa shape index (κ3) is 19.8. The topological polar surface area (TPSA) is 341 Å². The Hall–Kier alpha value is -12.4. The second-order valence-electron chi connectivity index (χ2n) is 40.2. The predicted molar refractivity (Wildman–Crippen MR) is 521 cm³/mol. The van der Waals surface area contributed by atoms with E-state index in [4.69, 9.17) is 48.1 Å². The standard InChI is InChI=1S/C26H30ClN7O.C25H37N7O.C24H25ClN8O.C23H25BrFN7O/c1-16(2)21-13-32(3)25(35)34(21)23-6-9-28-24(30-23)31-26(7-8-26)22-14-33(15-29-22)20-11-18(17-4-5-17)10-19(27)12-20;1-17(2)19-14-30(5)23(33)32(19)21-8-13-26-22(28-21)29-25(11-12-25)20-15-31(16-27-20)18-6-9-24(3,4)10-7-18;1-15(2)19-12-31(3)23(34)33(19)21-4-7-27-22(29-21)30-24(5-6-24)20-13-32(14-28-20)18-9-16(11-26)8-17(25)10-18;1-14(2)18-11-30(3)22(33)32(18)20-4-7-26-21(28-20)29-23(5-6-23)19-12-31(13-27-19)17-9-15(24)8-16(25)10-17/h6,9-12,14-17,21H,4-5,7-8,13H2,1-3H3,(H,28,30,31);8,13,15-19H,6-7,9-12,14H2,1-5H3,(H,26,28,29);4,7-10,13-15,19H,5-6,12H2,1-3H3,(H,27,29,30);4,7-10,12-14,18H,5-6,11H2,1-3H3,(H,26,28,29)/t21-;2*19-;18-/m1111/s1. The van der Waals surface area contributed by atoms with Gasteiger partial charge in [-0.2, -0.15) is 25.2 Å². The van der Waals surface area contributed by atoms with Gasteiger partial charge < -0.3 is 59.1 Å². The Labute approximate surface area is 804 Å². The molecular formula is C98H117BrCl2FN29O4. The van der Waals surface area contributed by atoms with Crippen LogP contribution in [0, 0.1) is 46.2 Å². The van der Waals surface area contributed by atoms with Crippen molar-refractivity contribution < 1.29 is 23.6 Å². The average Bonchev–Trinajstić information content (AvgIpc) is 1.61. The third-order valence-electron chi connectivity index (χ3n) is 28.1. The maximum Gasteiger partial charge on any atom is 0.325 e. The molecule has 8 aromatic heterocycles. The zero-order valence-corrected chi connectivity index (χ0v) is 81.9. The van der Waals surface area contributed by atoms with Crippen LogP contribution in [0.25, 0.3) is 17.1 Å². The summed E-state index contributed by atoms with van der Waals surface area (Å²) in [4.78, 5) is 121. The van der Waals surface area contributed by atoms with Gasteiger partial charge >= 0.3 is 24.1 Å². The summed E-state index contributed by atoms with van der Waals surface area (Å²) in [5.41, 5.74) is 7.21. The van der Waals surface area contributed by atoms with Gasteiger partial charge in [0.05, 0.1) is 112 Å². The summed E-state index contributed by atoms with van der Waals surface area (Å²) in [6.07, 6.45) is 37.0. The van der Waals surface area contributed by atoms with E-state index in [0.717, 1.165) is 90.5 Å². The fourth-order valence-electron chi connectivity index (χ4n) is 19.0. The van der Waals surface area contributed by atoms with Crippen molar-refractivity contribution in [3.05, 3.63) is 208 Å². The van der Waals surface area contributed by atoms with Crippen molar-refractivity contribution >= 4 is 110 Å². The minimum absolute atomic E-state index is 0.00566. The van der Waals surface area contributed by atoms with E-state index in [0.29, 0.717) is 135 Å². The molecule has 0 radical (unpaired) electrons. The van der Waals surface area contributed by atoms with Gasteiger partial charge in [0.25, 0.3) is 0 Å². The molecule has 33 nitrogen and oxygen atoms in total. The fraction of sp³-hybridized carbons (Fsp3) is 0.480. The normalized spacial score (nSPS) is 21.0. The number of carbonyl (C=O) groups excluding carboxylic acids is 4. The van der Waals surface area contributed by atoms with Gasteiger partial charge in [0, 0.05) is 136 Å². The summed E-state index contributed by atoms with van der Waals surface area (Å²) in [5, 5.41) is 24.5. The summed E-state index contributed by atoms with van der Waals surface area (Å²) in [6, 6.07) is 26.2. The highest BCUT2D eigenvalue weighted by Gasteiger charge is 2.53. The summed E-state index contributed by atoms with van der Waals surface area (Å²) in [5.74, 6) is 6.03. The molecule has 12 heterocycles. The van der Waals surface area contributed by atoms with Crippen molar-refractivity contribution in [3.8, 4) is 23.1 Å². The molecule has 10 aliphatic rings. The number of nitriles is 1. The molecule has 0 spiro atoms. The van der Waals surface area contributed by atoms with E-state index in [9.17, 15) is 28.8 Å². The van der Waals surface area contributed by atoms with E-state index < -0.39 is 0 Å². The fourth-order valence-corrected chi connectivity index (χ4v) is 19.9. The van der Waals surface area contributed by atoms with Crippen LogP contribution in [-0.2, 0) is 22.2 Å². The van der Waals surface area contributed by atoms with E-state index in [2.05, 4.69) is 176 Å². The SMILES string of the molecule is CC(C)[C@H]1CN(C)C(=O)N1c1ccnc(NC2(c3cn(-c4cc(Cl)cc(C#N)c4)cn3)CC2)n1.CC(C)[C@H]1CN(C)C(=O)N1c1ccnc(NC2(c3cn(-c4cc(Cl)cc(C5CC5)c4)cn3)CC2)n1.CC(C)[C@H]1CN(C)C(=O)N1c1ccnc(NC2(c3cn(-c4cc(F)cc(Br)c4)cn3)CC2)n1.CC(C)[C@H]1CN(C)C(=O)N1c1ccnc(NC2(c3cn(C4CCC(C)(C)CC4)cn3)CC2)n1. The number of aromatic nitrogens is 16. The Morgan fingerprint density at radius 3 is 1.07 bits per heavy atom. The quantitative estimate of drug-likeness (QED) is 0.0413. The highest BCUT2D eigenvalue weighted by Crippen LogP contribution is 2.53. The second kappa shape index (κ2) is 37.0. The van der Waals surface area contributed by atoms with Gasteiger partial charge in [-0.25, -0.2) is 63.4 Å². The van der Waals surface area contributed by atoms with E-state index in [-0.39, 0.29) is 76.3 Å². The second-order valence-corrected chi connectivity index (χ2v) is 42.0. The van der Waals surface area contributed by atoms with Gasteiger partial charge in [-0.15, -0.1) is 0 Å². The minimum atomic E-state index is -0.377. The van der Waals surface area contributed by atoms with Crippen LogP contribution in [-0.4, -0.2) is 200 Å². The molecule has 6 aliphatic carbocycles. The van der Waals surface area contributed by atoms with Crippen molar-refractivity contribution in [2.24, 2.45) is 29.1 Å². The van der Waals surface area contributed by atoms with Crippen LogP contribution in [0.1, 0.15) is 205 Å². The molecule has 6 saturated carbocycles. The van der Waals surface area contributed by atoms with Gasteiger partial charge in [-0.3, -0.25) is 19.6 Å². The van der Waals surface area contributed by atoms with Crippen LogP contribution >= 0.6 is 39.1 Å². The van der Waals surface area contributed by atoms with E-state index in [1.807, 2.05) is 91.5 Å². The maximum atomic E-state index is 13.8. The van der Waals surface area contributed by atoms with Gasteiger partial charge in [0.15, 0.2) is 0 Å². The number of hydrogen-bond acceptors (Lipinski definition) is 21. The maximum absolute atomic E-state index is 13.8. The molecule has 11 aromatic rings. The zero-order valence-electron chi connectivity index (χ0n) is 78.8. The lowest BCUT2D eigenvalue weighted by Crippen LogP contribution is -2.38. The molecule has 4 atom stereocenters. The van der Waals surface area contributed by atoms with Gasteiger partial charge in [-0.05, 0) is 209 Å². The van der Waals surface area contributed by atoms with E-state index in [1.54, 1.807) is 107 Å². The summed E-state index contributed by atoms with van der Waals surface area (Å²) in [7, 11) is 7.31. The Kier molecular flexibility index (Phi) is 25.5. The lowest BCUT2D eigenvalue weighted by Gasteiger charge is -2.34. The molecule has 0 unspecified atom stereocenters. The first-order valence-corrected chi connectivity index (χ1v) is 48.4. The first-order chi connectivity index (χ1) is 64.5. The molecule has 4 aliphatic heterocycles. The number of imidazole rings is 4. The Balaban J connectivity index is 0.000000120. The number of amides is 8. The lowest BCUT2D eigenvalue weighted by atomic mass is 9.75. The van der Waals surface area contributed by atoms with Gasteiger partial charge in [-0.1, -0.05) is 108 Å². The number of benzene rings is 3. The van der Waals surface area contributed by atoms with Crippen LogP contribution in [0.4, 0.5) is 70.6 Å². The molecule has 706 valence electrons. The van der Waals surface area contributed by atoms with Crippen molar-refractivity contribution in [3.63, 3.8) is 0 Å². The zero-order chi connectivity index (χ0) is 95.1. The molecule has 4 saturated heterocycles. The number of rotatable bonds is 25. The largest absolute Gasteiger partial charge is 0.343 e. The van der Waals surface area contributed by atoms with Crippen LogP contribution in [0.15, 0.2) is 158 Å². The van der Waals surface area contributed by atoms with E-state index in [1.165, 1.54) is 56.2 Å². The van der Waals surface area contributed by atoms with Gasteiger partial charge in [0.1, 0.15) is 29.1 Å². The van der Waals surface area contributed by atoms with Crippen LogP contribution in [0.5, 0.6) is 0 Å². The Morgan fingerprint density at radius 1 is 0.415 bits per heavy atom. The summed E-state index contributed by atoms with van der Waals surface area (Å²) < 4.78 is 22.5. The molecular weight excluding hydrogens is 1820 g/mol. The summed E-state index contributed by atoms with van der Waals surface area (Å²) >= 11 is 15.9. The molecule has 8 amide bonds. The molecule has 0 bridgehead atoms. The van der Waals surface area contributed by atoms with Crippen molar-refractivity contribution in [2.45, 2.75) is 217 Å². The van der Waals surface area contributed by atoms with Crippen LogP contribution in [0.3, 0.4) is 0 Å². The highest BCUT2D eigenvalue weighted by molar-refractivity contribution is 9.10. The van der Waals surface area contributed by atoms with Crippen molar-refractivity contribution in [1.29, 1.82) is 5.26 Å². The third-order valence-corrected chi connectivity index (χ3v) is 29.0. The lowest BCUT2D eigenvalue weighted by molar-refractivity contribution is 0.193. The number of carbonyl (C=O) groups is 4. The molecule has 135 heavy (non-hydrogen) atoms. The number of nitrogens with one attached hydrogen (secondary N) is 4. The van der Waals surface area contributed by atoms with Crippen LogP contribution < -0.4 is 40.9 Å². The molecule has 3 aromatic carbocycles. The van der Waals surface area contributed by atoms with Crippen molar-refractivity contribution in [1.82, 2.24) is 97.7 Å². The highest BCUT2D eigenvalue weighted by atomic mass is 79.9. The molecule has 10 fully saturated rings. The number of likely N-dealkylation sites (N-methyl/N-ethyl adjacent to an activating group) is 4. The Morgan fingerprint density at radius 2 is 0.741 bits per heavy atom. The molecule has 37 heteroatoms. The smallest absolute Gasteiger partial charge is 0.325 e. The molecule has 21 rings (SSSR count). The first-order valence-electron chi connectivity index (χ1n) is 46.8. The van der Waals surface area contributed by atoms with Crippen LogP contribution in [0.2, 0.25) is 10.0 Å². The molecule has 4 N–H and O–H groups in total. The summed E-state index contributed by atoms with van der Waals surface area (Å²) in [6.45, 7) is 24.5. The first kappa shape index (κ1) is 93.0. The van der Waals surface area contributed by atoms with E-state index >= 15 is 0 Å². The number of nitrogens with zero attached hydrogens (tertiary/aromatic N) is 25. The Bertz CT molecular complexity index is 6270. The monoisotopic (exact) mass is 1930 g/mol. The number of hydrogen-bond donors (Lipinski definition) is 4. The predicted octanol–water partition coefficient (Wildman–Crippen LogP) is 18.7. The number of halogens is 4. The minimum Gasteiger partial charge on any atom is -0.343 e. The number of urea groups is 4.